The minimum absolute atomic E-state index is 0.605. The monoisotopic (exact) mass is 298 g/mol. The summed E-state index contributed by atoms with van der Waals surface area (Å²) in [6, 6.07) is 17.0. The molecule has 0 radical (unpaired) electrons. The molecule has 0 aliphatic rings. The van der Waals surface area contributed by atoms with Gasteiger partial charge in [-0.25, -0.2) is 4.98 Å². The molecule has 0 saturated heterocycles. The maximum absolute atomic E-state index is 5.93. The third-order valence-corrected chi connectivity index (χ3v) is 3.96. The predicted molar refractivity (Wildman–Crippen MR) is 89.0 cm³/mol. The van der Waals surface area contributed by atoms with Crippen molar-refractivity contribution in [2.75, 3.05) is 5.88 Å². The van der Waals surface area contributed by atoms with Crippen molar-refractivity contribution < 1.29 is 0 Å². The van der Waals surface area contributed by atoms with Crippen LogP contribution in [0, 0.1) is 6.92 Å². The van der Waals surface area contributed by atoms with Crippen molar-refractivity contribution in [3.63, 3.8) is 0 Å². The number of halogens is 1. The van der Waals surface area contributed by atoms with Crippen LogP contribution in [0.2, 0.25) is 0 Å². The molecule has 0 fully saturated rings. The fourth-order valence-electron chi connectivity index (χ4n) is 2.70. The molecular weight excluding hydrogens is 280 g/mol. The van der Waals surface area contributed by atoms with Crippen LogP contribution < -0.4 is 0 Å². The molecule has 2 nitrogen and oxygen atoms in total. The van der Waals surface area contributed by atoms with Gasteiger partial charge in [-0.15, -0.1) is 11.6 Å². The Morgan fingerprint density at radius 2 is 1.86 bits per heavy atom. The van der Waals surface area contributed by atoms with Gasteiger partial charge >= 0.3 is 0 Å². The van der Waals surface area contributed by atoms with Gasteiger partial charge in [0.1, 0.15) is 5.82 Å². The molecule has 0 amide bonds. The number of aryl methyl sites for hydroxylation is 4. The maximum atomic E-state index is 5.93. The standard InChI is InChI=1S/C18H19ClN2/c1-14-7-8-17-16(13-14)20-18(9-11-19)21(17)12-10-15-5-3-2-4-6-15/h2-8,13H,9-12H2,1H3. The summed E-state index contributed by atoms with van der Waals surface area (Å²) in [5.41, 5.74) is 4.87. The molecule has 3 aromatic rings. The second-order valence-corrected chi connectivity index (χ2v) is 5.72. The Labute approximate surface area is 130 Å². The number of hydrogen-bond acceptors (Lipinski definition) is 1. The second kappa shape index (κ2) is 6.31. The van der Waals surface area contributed by atoms with E-state index in [1.807, 2.05) is 0 Å². The number of rotatable bonds is 5. The summed E-state index contributed by atoms with van der Waals surface area (Å²) < 4.78 is 2.31. The topological polar surface area (TPSA) is 17.8 Å². The molecule has 1 heterocycles. The first-order chi connectivity index (χ1) is 10.3. The van der Waals surface area contributed by atoms with Gasteiger partial charge in [-0.05, 0) is 36.6 Å². The summed E-state index contributed by atoms with van der Waals surface area (Å²) in [6.07, 6.45) is 1.82. The summed E-state index contributed by atoms with van der Waals surface area (Å²) in [6.45, 7) is 3.04. The van der Waals surface area contributed by atoms with E-state index in [4.69, 9.17) is 16.6 Å². The van der Waals surface area contributed by atoms with Crippen LogP contribution in [0.5, 0.6) is 0 Å². The average molecular weight is 299 g/mol. The van der Waals surface area contributed by atoms with Crippen LogP contribution in [0.15, 0.2) is 48.5 Å². The minimum atomic E-state index is 0.605. The molecule has 0 bridgehead atoms. The van der Waals surface area contributed by atoms with Crippen LogP contribution >= 0.6 is 11.6 Å². The minimum Gasteiger partial charge on any atom is -0.328 e. The summed E-state index contributed by atoms with van der Waals surface area (Å²) in [5, 5.41) is 0. The molecule has 0 atom stereocenters. The molecule has 3 rings (SSSR count). The molecule has 108 valence electrons. The van der Waals surface area contributed by atoms with Gasteiger partial charge in [-0.1, -0.05) is 36.4 Å². The van der Waals surface area contributed by atoms with Gasteiger partial charge in [0.2, 0.25) is 0 Å². The number of benzene rings is 2. The van der Waals surface area contributed by atoms with E-state index in [0.717, 1.165) is 30.7 Å². The fraction of sp³-hybridized carbons (Fsp3) is 0.278. The molecule has 0 N–H and O–H groups in total. The molecular formula is C18H19ClN2. The van der Waals surface area contributed by atoms with Crippen molar-refractivity contribution in [3.05, 3.63) is 65.5 Å². The van der Waals surface area contributed by atoms with E-state index >= 15 is 0 Å². The summed E-state index contributed by atoms with van der Waals surface area (Å²) >= 11 is 5.93. The van der Waals surface area contributed by atoms with Crippen LogP contribution in [-0.4, -0.2) is 15.4 Å². The van der Waals surface area contributed by atoms with Crippen molar-refractivity contribution >= 4 is 22.6 Å². The summed E-state index contributed by atoms with van der Waals surface area (Å²) in [7, 11) is 0. The highest BCUT2D eigenvalue weighted by molar-refractivity contribution is 6.17. The number of hydrogen-bond donors (Lipinski definition) is 0. The highest BCUT2D eigenvalue weighted by atomic mass is 35.5. The van der Waals surface area contributed by atoms with E-state index in [1.54, 1.807) is 0 Å². The van der Waals surface area contributed by atoms with Crippen LogP contribution in [0.4, 0.5) is 0 Å². The van der Waals surface area contributed by atoms with E-state index in [-0.39, 0.29) is 0 Å². The van der Waals surface area contributed by atoms with Gasteiger partial charge < -0.3 is 4.57 Å². The quantitative estimate of drug-likeness (QED) is 0.640. The third kappa shape index (κ3) is 3.11. The van der Waals surface area contributed by atoms with Crippen LogP contribution in [0.3, 0.4) is 0 Å². The van der Waals surface area contributed by atoms with Crippen molar-refractivity contribution in [2.24, 2.45) is 0 Å². The second-order valence-electron chi connectivity index (χ2n) is 5.35. The highest BCUT2D eigenvalue weighted by Crippen LogP contribution is 2.19. The number of aromatic nitrogens is 2. The first kappa shape index (κ1) is 14.2. The Morgan fingerprint density at radius 3 is 2.62 bits per heavy atom. The number of imidazole rings is 1. The molecule has 3 heteroatoms. The lowest BCUT2D eigenvalue weighted by Gasteiger charge is -2.09. The van der Waals surface area contributed by atoms with Gasteiger partial charge in [0, 0.05) is 18.8 Å². The van der Waals surface area contributed by atoms with Crippen LogP contribution in [0.25, 0.3) is 11.0 Å². The Balaban J connectivity index is 1.93. The molecule has 0 unspecified atom stereocenters. The van der Waals surface area contributed by atoms with Crippen LogP contribution in [0.1, 0.15) is 17.0 Å². The zero-order valence-electron chi connectivity index (χ0n) is 12.2. The Hall–Kier alpha value is -1.80. The Bertz CT molecular complexity index is 732. The van der Waals surface area contributed by atoms with E-state index in [2.05, 4.69) is 60.0 Å². The Morgan fingerprint density at radius 1 is 1.05 bits per heavy atom. The van der Waals surface area contributed by atoms with Gasteiger partial charge in [0.25, 0.3) is 0 Å². The molecule has 0 aliphatic carbocycles. The Kier molecular flexibility index (Phi) is 4.26. The molecule has 0 aliphatic heterocycles. The SMILES string of the molecule is Cc1ccc2c(c1)nc(CCCl)n2CCc1ccccc1. The van der Waals surface area contributed by atoms with Gasteiger partial charge in [-0.3, -0.25) is 0 Å². The molecule has 0 saturated carbocycles. The van der Waals surface area contributed by atoms with E-state index in [9.17, 15) is 0 Å². The van der Waals surface area contributed by atoms with E-state index in [0.29, 0.717) is 5.88 Å². The average Bonchev–Trinajstić information content (AvgIpc) is 2.83. The molecule has 1 aromatic heterocycles. The fourth-order valence-corrected chi connectivity index (χ4v) is 2.87. The summed E-state index contributed by atoms with van der Waals surface area (Å²) in [4.78, 5) is 4.75. The van der Waals surface area contributed by atoms with Gasteiger partial charge in [0.15, 0.2) is 0 Å². The van der Waals surface area contributed by atoms with Gasteiger partial charge in [0.05, 0.1) is 11.0 Å². The lowest BCUT2D eigenvalue weighted by Crippen LogP contribution is -2.07. The smallest absolute Gasteiger partial charge is 0.111 e. The van der Waals surface area contributed by atoms with Crippen molar-refractivity contribution in [1.29, 1.82) is 0 Å². The van der Waals surface area contributed by atoms with Crippen molar-refractivity contribution in [1.82, 2.24) is 9.55 Å². The van der Waals surface area contributed by atoms with E-state index in [1.165, 1.54) is 16.6 Å². The lowest BCUT2D eigenvalue weighted by atomic mass is 10.1. The number of nitrogens with zero attached hydrogens (tertiary/aromatic N) is 2. The summed E-state index contributed by atoms with van der Waals surface area (Å²) in [5.74, 6) is 1.69. The first-order valence-corrected chi connectivity index (χ1v) is 7.87. The number of fused-ring (bicyclic) bond motifs is 1. The number of alkyl halides is 1. The van der Waals surface area contributed by atoms with Crippen LogP contribution in [-0.2, 0) is 19.4 Å². The predicted octanol–water partition coefficient (Wildman–Crippen LogP) is 4.37. The van der Waals surface area contributed by atoms with Crippen molar-refractivity contribution in [2.45, 2.75) is 26.3 Å². The third-order valence-electron chi connectivity index (χ3n) is 3.77. The normalized spacial score (nSPS) is 11.1. The van der Waals surface area contributed by atoms with Crippen molar-refractivity contribution in [3.8, 4) is 0 Å². The highest BCUT2D eigenvalue weighted by Gasteiger charge is 2.10. The molecule has 2 aromatic carbocycles. The molecule has 21 heavy (non-hydrogen) atoms. The lowest BCUT2D eigenvalue weighted by molar-refractivity contribution is 0.675. The molecule has 0 spiro atoms. The van der Waals surface area contributed by atoms with E-state index < -0.39 is 0 Å². The maximum Gasteiger partial charge on any atom is 0.111 e. The first-order valence-electron chi connectivity index (χ1n) is 7.33. The zero-order chi connectivity index (χ0) is 14.7. The zero-order valence-corrected chi connectivity index (χ0v) is 13.0. The van der Waals surface area contributed by atoms with Gasteiger partial charge in [-0.2, -0.15) is 0 Å². The largest absolute Gasteiger partial charge is 0.328 e.